The number of halogens is 1. The van der Waals surface area contributed by atoms with Crippen molar-refractivity contribution in [1.29, 1.82) is 0 Å². The number of methoxy groups -OCH3 is 1. The first-order valence-corrected chi connectivity index (χ1v) is 8.23. The van der Waals surface area contributed by atoms with Gasteiger partial charge >= 0.3 is 0 Å². The first kappa shape index (κ1) is 16.9. The van der Waals surface area contributed by atoms with Crippen LogP contribution in [0.5, 0.6) is 0 Å². The van der Waals surface area contributed by atoms with E-state index in [1.807, 2.05) is 18.7 Å². The van der Waals surface area contributed by atoms with Crippen molar-refractivity contribution in [1.82, 2.24) is 20.2 Å². The minimum absolute atomic E-state index is 0.00217. The van der Waals surface area contributed by atoms with E-state index in [-0.39, 0.29) is 23.9 Å². The summed E-state index contributed by atoms with van der Waals surface area (Å²) in [5.74, 6) is 1.42. The van der Waals surface area contributed by atoms with E-state index in [1.54, 1.807) is 6.20 Å². The number of amides is 1. The van der Waals surface area contributed by atoms with E-state index in [9.17, 15) is 4.79 Å². The van der Waals surface area contributed by atoms with E-state index >= 15 is 0 Å². The summed E-state index contributed by atoms with van der Waals surface area (Å²) < 4.78 is 5.88. The molecule has 0 bridgehead atoms. The SMILES string of the molecule is C=C(N[C@H](C(=O)N1CCC[C@H]1c1ncc(Br)[nH]1)C(C)C)OC. The number of nitrogens with zero attached hydrogens (tertiary/aromatic N) is 2. The largest absolute Gasteiger partial charge is 0.483 e. The number of aromatic amines is 1. The molecule has 2 atom stereocenters. The van der Waals surface area contributed by atoms with Gasteiger partial charge in [-0.05, 0) is 41.3 Å². The summed E-state index contributed by atoms with van der Waals surface area (Å²) in [4.78, 5) is 22.4. The Kier molecular flexibility index (Phi) is 5.50. The van der Waals surface area contributed by atoms with E-state index in [2.05, 4.69) is 37.8 Å². The van der Waals surface area contributed by atoms with Crippen molar-refractivity contribution in [3.63, 3.8) is 0 Å². The van der Waals surface area contributed by atoms with Crippen molar-refractivity contribution in [2.75, 3.05) is 13.7 Å². The number of rotatable bonds is 6. The van der Waals surface area contributed by atoms with Gasteiger partial charge in [0.25, 0.3) is 0 Å². The molecule has 1 fully saturated rings. The molecule has 1 aromatic rings. The summed E-state index contributed by atoms with van der Waals surface area (Å²) in [6.07, 6.45) is 3.62. The standard InChI is InChI=1S/C15H23BrN4O2/c1-9(2)13(18-10(3)22-4)15(21)20-7-5-6-11(20)14-17-8-12(16)19-14/h8-9,11,13,18H,3,5-7H2,1-2,4H3,(H,17,19)/t11-,13-/m0/s1. The molecule has 1 amide bonds. The molecular formula is C15H23BrN4O2. The predicted molar refractivity (Wildman–Crippen MR) is 87.9 cm³/mol. The number of H-pyrrole nitrogens is 1. The van der Waals surface area contributed by atoms with Gasteiger partial charge in [-0.15, -0.1) is 0 Å². The van der Waals surface area contributed by atoms with Crippen LogP contribution in [0.15, 0.2) is 23.3 Å². The first-order valence-electron chi connectivity index (χ1n) is 7.44. The number of imidazole rings is 1. The van der Waals surface area contributed by atoms with Gasteiger partial charge in [0.15, 0.2) is 5.88 Å². The maximum absolute atomic E-state index is 12.9. The van der Waals surface area contributed by atoms with Crippen molar-refractivity contribution in [2.45, 2.75) is 38.8 Å². The third-order valence-corrected chi connectivity index (χ3v) is 4.31. The number of aromatic nitrogens is 2. The second-order valence-corrected chi connectivity index (χ2v) is 6.65. The Labute approximate surface area is 139 Å². The lowest BCUT2D eigenvalue weighted by Gasteiger charge is -2.30. The Hall–Kier alpha value is -1.50. The van der Waals surface area contributed by atoms with Gasteiger partial charge in [0.2, 0.25) is 5.91 Å². The lowest BCUT2D eigenvalue weighted by Crippen LogP contribution is -2.48. The summed E-state index contributed by atoms with van der Waals surface area (Å²) in [7, 11) is 1.54. The van der Waals surface area contributed by atoms with Crippen LogP contribution >= 0.6 is 15.9 Å². The molecule has 1 saturated heterocycles. The maximum Gasteiger partial charge on any atom is 0.246 e. The lowest BCUT2D eigenvalue weighted by molar-refractivity contribution is -0.135. The molecule has 122 valence electrons. The highest BCUT2D eigenvalue weighted by atomic mass is 79.9. The fourth-order valence-corrected chi connectivity index (χ4v) is 3.03. The average Bonchev–Trinajstić information content (AvgIpc) is 3.11. The number of carbonyl (C=O) groups is 1. The molecular weight excluding hydrogens is 348 g/mol. The molecule has 22 heavy (non-hydrogen) atoms. The zero-order chi connectivity index (χ0) is 16.3. The van der Waals surface area contributed by atoms with Crippen molar-refractivity contribution in [3.05, 3.63) is 29.1 Å². The van der Waals surface area contributed by atoms with Crippen LogP contribution in [0, 0.1) is 5.92 Å². The molecule has 0 saturated carbocycles. The summed E-state index contributed by atoms with van der Waals surface area (Å²) in [5, 5.41) is 3.07. The second kappa shape index (κ2) is 7.17. The van der Waals surface area contributed by atoms with Crippen molar-refractivity contribution in [2.24, 2.45) is 5.92 Å². The van der Waals surface area contributed by atoms with Crippen molar-refractivity contribution >= 4 is 21.8 Å². The smallest absolute Gasteiger partial charge is 0.246 e. The molecule has 0 spiro atoms. The zero-order valence-corrected chi connectivity index (χ0v) is 14.8. The number of carbonyl (C=O) groups excluding carboxylic acids is 1. The minimum Gasteiger partial charge on any atom is -0.483 e. The highest BCUT2D eigenvalue weighted by molar-refractivity contribution is 9.10. The van der Waals surface area contributed by atoms with Crippen molar-refractivity contribution < 1.29 is 9.53 Å². The molecule has 0 radical (unpaired) electrons. The number of likely N-dealkylation sites (tertiary alicyclic amines) is 1. The van der Waals surface area contributed by atoms with Gasteiger partial charge in [0, 0.05) is 6.54 Å². The van der Waals surface area contributed by atoms with Gasteiger partial charge in [-0.1, -0.05) is 13.8 Å². The van der Waals surface area contributed by atoms with Crippen LogP contribution in [-0.4, -0.2) is 40.5 Å². The van der Waals surface area contributed by atoms with E-state index < -0.39 is 0 Å². The average molecular weight is 371 g/mol. The molecule has 2 heterocycles. The molecule has 1 aliphatic rings. The lowest BCUT2D eigenvalue weighted by atomic mass is 10.0. The Morgan fingerprint density at radius 1 is 1.64 bits per heavy atom. The summed E-state index contributed by atoms with van der Waals surface area (Å²) >= 11 is 3.37. The normalized spacial score (nSPS) is 19.3. The van der Waals surface area contributed by atoms with Gasteiger partial charge in [-0.3, -0.25) is 4.79 Å². The molecule has 0 unspecified atom stereocenters. The Bertz CT molecular complexity index is 543. The highest BCUT2D eigenvalue weighted by Gasteiger charge is 2.36. The van der Waals surface area contributed by atoms with E-state index in [4.69, 9.17) is 4.74 Å². The van der Waals surface area contributed by atoms with Gasteiger partial charge in [-0.2, -0.15) is 0 Å². The zero-order valence-electron chi connectivity index (χ0n) is 13.2. The fraction of sp³-hybridized carbons (Fsp3) is 0.600. The topological polar surface area (TPSA) is 70.2 Å². The number of hydrogen-bond acceptors (Lipinski definition) is 4. The number of hydrogen-bond donors (Lipinski definition) is 2. The molecule has 1 aliphatic heterocycles. The van der Waals surface area contributed by atoms with Crippen LogP contribution in [0.25, 0.3) is 0 Å². The fourth-order valence-electron chi connectivity index (χ4n) is 2.72. The van der Waals surface area contributed by atoms with Gasteiger partial charge in [0.05, 0.1) is 19.3 Å². The van der Waals surface area contributed by atoms with E-state index in [0.717, 1.165) is 29.8 Å². The van der Waals surface area contributed by atoms with Crippen LogP contribution in [0.4, 0.5) is 0 Å². The van der Waals surface area contributed by atoms with Crippen LogP contribution in [0.1, 0.15) is 38.6 Å². The molecule has 7 heteroatoms. The second-order valence-electron chi connectivity index (χ2n) is 5.80. The molecule has 1 aromatic heterocycles. The number of nitrogens with one attached hydrogen (secondary N) is 2. The maximum atomic E-state index is 12.9. The quantitative estimate of drug-likeness (QED) is 0.755. The van der Waals surface area contributed by atoms with E-state index in [0.29, 0.717) is 5.88 Å². The monoisotopic (exact) mass is 370 g/mol. The van der Waals surface area contributed by atoms with E-state index in [1.165, 1.54) is 7.11 Å². The Balaban J connectivity index is 2.16. The number of ether oxygens (including phenoxy) is 1. The van der Waals surface area contributed by atoms with Gasteiger partial charge in [0.1, 0.15) is 16.5 Å². The summed E-state index contributed by atoms with van der Waals surface area (Å²) in [6, 6.07) is -0.357. The molecule has 0 aromatic carbocycles. The van der Waals surface area contributed by atoms with Crippen LogP contribution in [0.2, 0.25) is 0 Å². The van der Waals surface area contributed by atoms with Crippen LogP contribution in [0.3, 0.4) is 0 Å². The van der Waals surface area contributed by atoms with Crippen LogP contribution in [-0.2, 0) is 9.53 Å². The summed E-state index contributed by atoms with van der Waals surface area (Å²) in [6.45, 7) is 8.51. The van der Waals surface area contributed by atoms with Gasteiger partial charge < -0.3 is 19.9 Å². The molecule has 0 aliphatic carbocycles. The summed E-state index contributed by atoms with van der Waals surface area (Å²) in [5.41, 5.74) is 0. The molecule has 2 rings (SSSR count). The molecule has 6 nitrogen and oxygen atoms in total. The van der Waals surface area contributed by atoms with Crippen molar-refractivity contribution in [3.8, 4) is 0 Å². The Morgan fingerprint density at radius 3 is 2.91 bits per heavy atom. The predicted octanol–water partition coefficient (Wildman–Crippen LogP) is 2.57. The minimum atomic E-state index is -0.355. The third-order valence-electron chi connectivity index (χ3n) is 3.91. The molecule has 2 N–H and O–H groups in total. The highest BCUT2D eigenvalue weighted by Crippen LogP contribution is 2.31. The van der Waals surface area contributed by atoms with Gasteiger partial charge in [-0.25, -0.2) is 4.98 Å². The third kappa shape index (κ3) is 3.63. The Morgan fingerprint density at radius 2 is 2.36 bits per heavy atom. The first-order chi connectivity index (χ1) is 10.4. The van der Waals surface area contributed by atoms with Crippen LogP contribution < -0.4 is 5.32 Å².